The molecule has 3 N–H and O–H groups in total. The first kappa shape index (κ1) is 21.6. The molecule has 2 aromatic rings. The third-order valence-corrected chi connectivity index (χ3v) is 4.65. The number of halogens is 2. The Kier molecular flexibility index (Phi) is 9.67. The Bertz CT molecular complexity index is 637. The van der Waals surface area contributed by atoms with Crippen LogP contribution in [0.25, 0.3) is 0 Å². The number of hydrogen-bond acceptors (Lipinski definition) is 5. The molecular formula is C17H22Cl2N4OS. The first-order valence-corrected chi connectivity index (χ1v) is 8.84. The molecule has 1 fully saturated rings. The van der Waals surface area contributed by atoms with Gasteiger partial charge in [0.15, 0.2) is 0 Å². The molecule has 0 radical (unpaired) electrons. The summed E-state index contributed by atoms with van der Waals surface area (Å²) in [4.78, 5) is 16.4. The fourth-order valence-electron chi connectivity index (χ4n) is 2.40. The summed E-state index contributed by atoms with van der Waals surface area (Å²) in [5, 5.41) is 9.48. The number of nitrogens with zero attached hydrogens (tertiary/aromatic N) is 1. The largest absolute Gasteiger partial charge is 0.340 e. The summed E-state index contributed by atoms with van der Waals surface area (Å²) >= 11 is 1.89. The molecule has 1 aromatic heterocycles. The Morgan fingerprint density at radius 3 is 2.60 bits per heavy atom. The SMILES string of the molecule is Cl.Cl.O=C(CC1CSCCN1)Nc1ccc(Nc2ccccc2)nc1. The zero-order valence-corrected chi connectivity index (χ0v) is 16.1. The molecule has 0 aliphatic carbocycles. The van der Waals surface area contributed by atoms with Gasteiger partial charge in [-0.1, -0.05) is 18.2 Å². The summed E-state index contributed by atoms with van der Waals surface area (Å²) < 4.78 is 0. The van der Waals surface area contributed by atoms with Gasteiger partial charge in [-0.05, 0) is 24.3 Å². The normalized spacial score (nSPS) is 16.1. The average molecular weight is 401 g/mol. The molecule has 5 nitrogen and oxygen atoms in total. The second kappa shape index (κ2) is 11.2. The van der Waals surface area contributed by atoms with E-state index in [9.17, 15) is 4.79 Å². The number of carbonyl (C=O) groups excluding carboxylic acids is 1. The lowest BCUT2D eigenvalue weighted by atomic mass is 10.2. The molecule has 136 valence electrons. The summed E-state index contributed by atoms with van der Waals surface area (Å²) in [7, 11) is 0. The molecule has 1 aliphatic heterocycles. The fourth-order valence-corrected chi connectivity index (χ4v) is 3.35. The van der Waals surface area contributed by atoms with Gasteiger partial charge in [-0.25, -0.2) is 4.98 Å². The van der Waals surface area contributed by atoms with E-state index in [4.69, 9.17) is 0 Å². The third-order valence-electron chi connectivity index (χ3n) is 3.52. The Balaban J connectivity index is 0.00000156. The van der Waals surface area contributed by atoms with Gasteiger partial charge in [-0.15, -0.1) is 24.8 Å². The van der Waals surface area contributed by atoms with E-state index in [0.29, 0.717) is 6.42 Å². The number of anilines is 3. The zero-order chi connectivity index (χ0) is 15.9. The van der Waals surface area contributed by atoms with Crippen LogP contribution in [0, 0.1) is 0 Å². The van der Waals surface area contributed by atoms with Crippen LogP contribution in [0.3, 0.4) is 0 Å². The fraction of sp³-hybridized carbons (Fsp3) is 0.294. The van der Waals surface area contributed by atoms with E-state index in [-0.39, 0.29) is 36.8 Å². The van der Waals surface area contributed by atoms with Crippen LogP contribution in [-0.2, 0) is 4.79 Å². The van der Waals surface area contributed by atoms with Crippen LogP contribution in [0.4, 0.5) is 17.2 Å². The predicted octanol–water partition coefficient (Wildman–Crippen LogP) is 3.70. The van der Waals surface area contributed by atoms with Gasteiger partial charge in [-0.2, -0.15) is 11.8 Å². The number of thioether (sulfide) groups is 1. The maximum absolute atomic E-state index is 12.1. The number of pyridine rings is 1. The number of para-hydroxylation sites is 1. The van der Waals surface area contributed by atoms with Crippen LogP contribution >= 0.6 is 36.6 Å². The van der Waals surface area contributed by atoms with Crippen molar-refractivity contribution in [1.29, 1.82) is 0 Å². The summed E-state index contributed by atoms with van der Waals surface area (Å²) in [6, 6.07) is 13.8. The predicted molar refractivity (Wildman–Crippen MR) is 111 cm³/mol. The molecule has 25 heavy (non-hydrogen) atoms. The lowest BCUT2D eigenvalue weighted by molar-refractivity contribution is -0.116. The van der Waals surface area contributed by atoms with E-state index in [1.165, 1.54) is 0 Å². The molecule has 1 aliphatic rings. The van der Waals surface area contributed by atoms with E-state index in [1.807, 2.05) is 54.2 Å². The number of amides is 1. The number of hydrogen-bond donors (Lipinski definition) is 3. The van der Waals surface area contributed by atoms with Gasteiger partial charge in [0, 0.05) is 36.2 Å². The van der Waals surface area contributed by atoms with E-state index in [2.05, 4.69) is 20.9 Å². The number of aromatic nitrogens is 1. The molecule has 0 spiro atoms. The molecule has 0 saturated carbocycles. The second-order valence-electron chi connectivity index (χ2n) is 5.40. The zero-order valence-electron chi connectivity index (χ0n) is 13.6. The highest BCUT2D eigenvalue weighted by molar-refractivity contribution is 7.99. The smallest absolute Gasteiger partial charge is 0.226 e. The molecule has 0 bridgehead atoms. The van der Waals surface area contributed by atoms with Crippen LogP contribution in [-0.4, -0.2) is 35.0 Å². The van der Waals surface area contributed by atoms with Gasteiger partial charge in [0.2, 0.25) is 5.91 Å². The van der Waals surface area contributed by atoms with E-state index in [0.717, 1.165) is 35.2 Å². The van der Waals surface area contributed by atoms with Crippen molar-refractivity contribution in [2.45, 2.75) is 12.5 Å². The van der Waals surface area contributed by atoms with E-state index >= 15 is 0 Å². The molecule has 2 heterocycles. The van der Waals surface area contributed by atoms with Crippen molar-refractivity contribution in [3.05, 3.63) is 48.7 Å². The van der Waals surface area contributed by atoms with Crippen molar-refractivity contribution in [2.75, 3.05) is 28.7 Å². The second-order valence-corrected chi connectivity index (χ2v) is 6.55. The van der Waals surface area contributed by atoms with Crippen LogP contribution in [0.2, 0.25) is 0 Å². The Morgan fingerprint density at radius 1 is 1.16 bits per heavy atom. The molecule has 8 heteroatoms. The Hall–Kier alpha value is -1.47. The summed E-state index contributed by atoms with van der Waals surface area (Å²) in [6.45, 7) is 0.976. The van der Waals surface area contributed by atoms with Crippen molar-refractivity contribution in [3.63, 3.8) is 0 Å². The lowest BCUT2D eigenvalue weighted by Gasteiger charge is -2.22. The number of benzene rings is 1. The van der Waals surface area contributed by atoms with Crippen molar-refractivity contribution in [2.24, 2.45) is 0 Å². The first-order chi connectivity index (χ1) is 11.3. The van der Waals surface area contributed by atoms with Crippen molar-refractivity contribution < 1.29 is 4.79 Å². The molecule has 1 unspecified atom stereocenters. The van der Waals surface area contributed by atoms with Crippen molar-refractivity contribution in [1.82, 2.24) is 10.3 Å². The summed E-state index contributed by atoms with van der Waals surface area (Å²) in [6.07, 6.45) is 2.17. The van der Waals surface area contributed by atoms with Crippen molar-refractivity contribution >= 4 is 59.7 Å². The molecule has 3 rings (SSSR count). The minimum atomic E-state index is 0. The molecule has 1 atom stereocenters. The number of nitrogens with one attached hydrogen (secondary N) is 3. The minimum absolute atomic E-state index is 0. The van der Waals surface area contributed by atoms with Crippen LogP contribution in [0.1, 0.15) is 6.42 Å². The van der Waals surface area contributed by atoms with E-state index in [1.54, 1.807) is 6.20 Å². The monoisotopic (exact) mass is 400 g/mol. The van der Waals surface area contributed by atoms with Crippen molar-refractivity contribution in [3.8, 4) is 0 Å². The van der Waals surface area contributed by atoms with Gasteiger partial charge in [0.05, 0.1) is 11.9 Å². The average Bonchev–Trinajstić information content (AvgIpc) is 2.58. The molecule has 1 amide bonds. The standard InChI is InChI=1S/C17H20N4OS.2ClH/c22-17(10-15-12-23-9-8-18-15)21-14-6-7-16(19-11-14)20-13-4-2-1-3-5-13;;/h1-7,11,15,18H,8-10,12H2,(H,19,20)(H,21,22);2*1H. The Labute approximate surface area is 164 Å². The highest BCUT2D eigenvalue weighted by Gasteiger charge is 2.16. The highest BCUT2D eigenvalue weighted by Crippen LogP contribution is 2.16. The summed E-state index contributed by atoms with van der Waals surface area (Å²) in [5.74, 6) is 2.89. The molecule has 1 saturated heterocycles. The van der Waals surface area contributed by atoms with Crippen LogP contribution in [0.5, 0.6) is 0 Å². The third kappa shape index (κ3) is 7.12. The van der Waals surface area contributed by atoms with Gasteiger partial charge < -0.3 is 16.0 Å². The lowest BCUT2D eigenvalue weighted by Crippen LogP contribution is -2.39. The van der Waals surface area contributed by atoms with Gasteiger partial charge in [-0.3, -0.25) is 4.79 Å². The quantitative estimate of drug-likeness (QED) is 0.713. The number of carbonyl (C=O) groups is 1. The molecule has 1 aromatic carbocycles. The minimum Gasteiger partial charge on any atom is -0.340 e. The van der Waals surface area contributed by atoms with Crippen LogP contribution < -0.4 is 16.0 Å². The maximum atomic E-state index is 12.1. The highest BCUT2D eigenvalue weighted by atomic mass is 35.5. The number of rotatable bonds is 5. The first-order valence-electron chi connectivity index (χ1n) is 7.69. The van der Waals surface area contributed by atoms with Gasteiger partial charge in [0.1, 0.15) is 5.82 Å². The maximum Gasteiger partial charge on any atom is 0.226 e. The Morgan fingerprint density at radius 2 is 1.96 bits per heavy atom. The van der Waals surface area contributed by atoms with Gasteiger partial charge in [0.25, 0.3) is 0 Å². The summed E-state index contributed by atoms with van der Waals surface area (Å²) in [5.41, 5.74) is 1.70. The van der Waals surface area contributed by atoms with Crippen LogP contribution in [0.15, 0.2) is 48.7 Å². The van der Waals surface area contributed by atoms with Gasteiger partial charge >= 0.3 is 0 Å². The molecular weight excluding hydrogens is 379 g/mol. The topological polar surface area (TPSA) is 66.1 Å². The van der Waals surface area contributed by atoms with E-state index < -0.39 is 0 Å².